The third kappa shape index (κ3) is 3.85. The number of hydrogen-bond acceptors (Lipinski definition) is 6. The maximum atomic E-state index is 14.4. The Labute approximate surface area is 218 Å². The highest BCUT2D eigenvalue weighted by Crippen LogP contribution is 2.47. The zero-order chi connectivity index (χ0) is 25.1. The van der Waals surface area contributed by atoms with Crippen LogP contribution in [-0.2, 0) is 6.42 Å². The minimum atomic E-state index is -0.606. The third-order valence-corrected chi connectivity index (χ3v) is 9.53. The van der Waals surface area contributed by atoms with Gasteiger partial charge in [-0.05, 0) is 61.6 Å². The number of nitrogens with two attached hydrogens (primary N) is 1. The molecule has 7 rings (SSSR count). The van der Waals surface area contributed by atoms with Crippen LogP contribution in [-0.4, -0.2) is 38.9 Å². The first-order chi connectivity index (χ1) is 18.1. The van der Waals surface area contributed by atoms with Crippen molar-refractivity contribution in [3.63, 3.8) is 0 Å². The summed E-state index contributed by atoms with van der Waals surface area (Å²) < 4.78 is 5.39. The van der Waals surface area contributed by atoms with Crippen molar-refractivity contribution in [3.8, 4) is 10.4 Å². The highest BCUT2D eigenvalue weighted by atomic mass is 32.1. The second-order valence-electron chi connectivity index (χ2n) is 10.6. The molecule has 188 valence electrons. The summed E-state index contributed by atoms with van der Waals surface area (Å²) in [6.07, 6.45) is 7.19. The molecule has 2 N–H and O–H groups in total. The molecular weight excluding hydrogens is 484 g/mol. The van der Waals surface area contributed by atoms with E-state index in [2.05, 4.69) is 22.2 Å². The maximum absolute atomic E-state index is 14.4. The topological polar surface area (TPSA) is 102 Å². The monoisotopic (exact) mass is 512 g/mol. The highest BCUT2D eigenvalue weighted by Gasteiger charge is 2.47. The van der Waals surface area contributed by atoms with Crippen LogP contribution < -0.4 is 5.73 Å². The number of thiazole rings is 1. The smallest absolute Gasteiger partial charge is 0.274 e. The van der Waals surface area contributed by atoms with Crippen LogP contribution in [0.2, 0.25) is 0 Å². The van der Waals surface area contributed by atoms with Crippen LogP contribution in [0.15, 0.2) is 53.1 Å². The molecule has 7 nitrogen and oxygen atoms in total. The van der Waals surface area contributed by atoms with Gasteiger partial charge in [0.1, 0.15) is 5.69 Å². The van der Waals surface area contributed by atoms with Gasteiger partial charge < -0.3 is 15.2 Å². The molecular formula is C29H28N4O3S. The van der Waals surface area contributed by atoms with Crippen LogP contribution in [0, 0.1) is 5.92 Å². The Morgan fingerprint density at radius 1 is 1.03 bits per heavy atom. The number of hydrogen-bond donors (Lipinski definition) is 1. The predicted molar refractivity (Wildman–Crippen MR) is 141 cm³/mol. The van der Waals surface area contributed by atoms with Gasteiger partial charge in [0.2, 0.25) is 0 Å². The van der Waals surface area contributed by atoms with E-state index in [1.807, 2.05) is 30.3 Å². The molecule has 3 aliphatic rings. The summed E-state index contributed by atoms with van der Waals surface area (Å²) in [4.78, 5) is 34.5. The number of carbonyl (C=O) groups excluding carboxylic acids is 2. The molecule has 8 heteroatoms. The van der Waals surface area contributed by atoms with Crippen molar-refractivity contribution in [2.45, 2.75) is 62.9 Å². The Morgan fingerprint density at radius 3 is 2.65 bits per heavy atom. The van der Waals surface area contributed by atoms with Gasteiger partial charge in [-0.2, -0.15) is 0 Å². The van der Waals surface area contributed by atoms with Crippen molar-refractivity contribution >= 4 is 34.1 Å². The lowest BCUT2D eigenvalue weighted by molar-refractivity contribution is 0.0654. The number of fused-ring (bicyclic) bond motifs is 2. The average molecular weight is 513 g/mol. The molecule has 0 unspecified atom stereocenters. The lowest BCUT2D eigenvalue weighted by atomic mass is 9.96. The zero-order valence-corrected chi connectivity index (χ0v) is 21.2. The highest BCUT2D eigenvalue weighted by molar-refractivity contribution is 7.15. The molecule has 3 fully saturated rings. The van der Waals surface area contributed by atoms with Gasteiger partial charge in [0.15, 0.2) is 11.3 Å². The minimum absolute atomic E-state index is 0.0127. The van der Waals surface area contributed by atoms with Gasteiger partial charge in [-0.15, -0.1) is 11.3 Å². The zero-order valence-electron chi connectivity index (χ0n) is 20.4. The Balaban J connectivity index is 1.28. The summed E-state index contributed by atoms with van der Waals surface area (Å²) in [5.74, 6) is 0.410. The summed E-state index contributed by atoms with van der Waals surface area (Å²) >= 11 is 1.68. The van der Waals surface area contributed by atoms with Gasteiger partial charge in [-0.25, -0.2) is 4.98 Å². The number of carbonyl (C=O) groups is 2. The fourth-order valence-corrected chi connectivity index (χ4v) is 7.67. The quantitative estimate of drug-likeness (QED) is 0.365. The average Bonchev–Trinajstić information content (AvgIpc) is 3.25. The van der Waals surface area contributed by atoms with Crippen LogP contribution in [0.5, 0.6) is 0 Å². The number of benzene rings is 2. The second kappa shape index (κ2) is 8.80. The van der Waals surface area contributed by atoms with Crippen LogP contribution in [0.25, 0.3) is 21.4 Å². The van der Waals surface area contributed by atoms with Crippen LogP contribution in [0.1, 0.15) is 76.0 Å². The van der Waals surface area contributed by atoms with Gasteiger partial charge in [0.25, 0.3) is 11.8 Å². The molecule has 0 bridgehead atoms. The lowest BCUT2D eigenvalue weighted by Crippen LogP contribution is -2.42. The standard InChI is InChI=1S/C29H28N4O3S/c30-27(34)24-23-19(9-5-11-22(23)36-32-24)15-20-14-18-8-4-10-21(18)33(20)29(35)25-26(16-6-2-1-3-7-16)37-28(31-25)17-12-13-17/h1-3,5-7,9,11,17-18,20-21H,4,8,10,12-15H2,(H2,30,34)/t18-,20-,21-/m0/s1. The molecule has 1 aliphatic heterocycles. The number of primary amides is 1. The lowest BCUT2D eigenvalue weighted by Gasteiger charge is -2.30. The van der Waals surface area contributed by atoms with E-state index in [1.54, 1.807) is 17.4 Å². The second-order valence-corrected chi connectivity index (χ2v) is 11.7. The van der Waals surface area contributed by atoms with Crippen molar-refractivity contribution in [1.29, 1.82) is 0 Å². The van der Waals surface area contributed by atoms with E-state index in [9.17, 15) is 9.59 Å². The van der Waals surface area contributed by atoms with Crippen molar-refractivity contribution in [2.24, 2.45) is 11.7 Å². The van der Waals surface area contributed by atoms with Gasteiger partial charge in [0.05, 0.1) is 15.3 Å². The molecule has 2 amide bonds. The van der Waals surface area contributed by atoms with Crippen LogP contribution in [0.3, 0.4) is 0 Å². The number of amides is 2. The molecule has 2 aromatic heterocycles. The Bertz CT molecular complexity index is 1510. The minimum Gasteiger partial charge on any atom is -0.364 e. The summed E-state index contributed by atoms with van der Waals surface area (Å²) in [5.41, 5.74) is 8.88. The van der Waals surface area contributed by atoms with E-state index < -0.39 is 5.91 Å². The fraction of sp³-hybridized carbons (Fsp3) is 0.379. The largest absolute Gasteiger partial charge is 0.364 e. The normalized spacial score (nSPS) is 23.0. The molecule has 2 aliphatic carbocycles. The van der Waals surface area contributed by atoms with E-state index in [0.717, 1.165) is 59.5 Å². The fourth-order valence-electron chi connectivity index (χ4n) is 6.44. The molecule has 2 saturated carbocycles. The van der Waals surface area contributed by atoms with Gasteiger partial charge in [-0.3, -0.25) is 9.59 Å². The first-order valence-corrected chi connectivity index (χ1v) is 14.0. The predicted octanol–water partition coefficient (Wildman–Crippen LogP) is 5.55. The number of aromatic nitrogens is 2. The SMILES string of the molecule is NC(=O)c1noc2cccc(C[C@@H]3C[C@@H]4CCC[C@@H]4N3C(=O)c3nc(C4CC4)sc3-c3ccccc3)c12. The van der Waals surface area contributed by atoms with E-state index >= 15 is 0 Å². The first-order valence-electron chi connectivity index (χ1n) is 13.1. The molecule has 4 aromatic rings. The van der Waals surface area contributed by atoms with Gasteiger partial charge in [-0.1, -0.05) is 54.0 Å². The van der Waals surface area contributed by atoms with E-state index in [-0.39, 0.29) is 23.7 Å². The summed E-state index contributed by atoms with van der Waals surface area (Å²) in [6.45, 7) is 0. The van der Waals surface area contributed by atoms with Crippen LogP contribution >= 0.6 is 11.3 Å². The summed E-state index contributed by atoms with van der Waals surface area (Å²) in [5, 5.41) is 5.67. The van der Waals surface area contributed by atoms with Gasteiger partial charge in [0, 0.05) is 18.0 Å². The maximum Gasteiger partial charge on any atom is 0.274 e. The van der Waals surface area contributed by atoms with Crippen molar-refractivity contribution in [1.82, 2.24) is 15.0 Å². The van der Waals surface area contributed by atoms with Gasteiger partial charge >= 0.3 is 0 Å². The van der Waals surface area contributed by atoms with Crippen molar-refractivity contribution in [2.75, 3.05) is 0 Å². The number of rotatable bonds is 6. The molecule has 37 heavy (non-hydrogen) atoms. The van der Waals surface area contributed by atoms with E-state index in [1.165, 1.54) is 0 Å². The Morgan fingerprint density at radius 2 is 1.86 bits per heavy atom. The van der Waals surface area contributed by atoms with Crippen molar-refractivity contribution < 1.29 is 14.1 Å². The molecule has 3 atom stereocenters. The molecule has 1 saturated heterocycles. The Hall–Kier alpha value is -3.52. The third-order valence-electron chi connectivity index (χ3n) is 8.26. The summed E-state index contributed by atoms with van der Waals surface area (Å²) in [6, 6.07) is 16.1. The molecule has 2 aromatic carbocycles. The van der Waals surface area contributed by atoms with Crippen LogP contribution in [0.4, 0.5) is 0 Å². The molecule has 3 heterocycles. The summed E-state index contributed by atoms with van der Waals surface area (Å²) in [7, 11) is 0. The molecule has 0 spiro atoms. The van der Waals surface area contributed by atoms with E-state index in [0.29, 0.717) is 34.9 Å². The Kier molecular flexibility index (Phi) is 5.39. The first kappa shape index (κ1) is 22.7. The van der Waals surface area contributed by atoms with Crippen molar-refractivity contribution in [3.05, 3.63) is 70.5 Å². The molecule has 0 radical (unpaired) electrons. The number of nitrogens with zero attached hydrogens (tertiary/aromatic N) is 3. The number of likely N-dealkylation sites (tertiary alicyclic amines) is 1. The van der Waals surface area contributed by atoms with E-state index in [4.69, 9.17) is 15.2 Å².